The average molecular weight is 376 g/mol. The first-order chi connectivity index (χ1) is 9.72. The first kappa shape index (κ1) is 16.9. The summed E-state index contributed by atoms with van der Waals surface area (Å²) in [5.41, 5.74) is 1.36. The highest BCUT2D eigenvalue weighted by Crippen LogP contribution is 2.51. The summed E-state index contributed by atoms with van der Waals surface area (Å²) in [7, 11) is -3.56. The molecule has 6 heteroatoms. The number of aliphatic hydroxyl groups is 1. The zero-order valence-corrected chi connectivity index (χ0v) is 15.0. The third-order valence-electron chi connectivity index (χ3n) is 4.56. The molecule has 0 amide bonds. The Morgan fingerprint density at radius 2 is 2.00 bits per heavy atom. The zero-order valence-electron chi connectivity index (χ0n) is 12.6. The summed E-state index contributed by atoms with van der Waals surface area (Å²) < 4.78 is 28.6. The smallest absolute Gasteiger partial charge is 0.240 e. The Morgan fingerprint density at radius 3 is 2.48 bits per heavy atom. The molecule has 0 aliphatic heterocycles. The van der Waals surface area contributed by atoms with E-state index in [0.717, 1.165) is 12.8 Å². The lowest BCUT2D eigenvalue weighted by molar-refractivity contribution is 0.281. The van der Waals surface area contributed by atoms with Crippen LogP contribution in [0.4, 0.5) is 0 Å². The summed E-state index contributed by atoms with van der Waals surface area (Å²) >= 11 is 3.35. The molecule has 118 valence electrons. The molecular weight excluding hydrogens is 354 g/mol. The molecule has 2 N–H and O–H groups in total. The van der Waals surface area contributed by atoms with Gasteiger partial charge >= 0.3 is 0 Å². The molecule has 0 radical (unpaired) electrons. The van der Waals surface area contributed by atoms with E-state index in [1.165, 1.54) is 6.07 Å². The second kappa shape index (κ2) is 5.99. The van der Waals surface area contributed by atoms with Crippen LogP contribution in [0.3, 0.4) is 0 Å². The van der Waals surface area contributed by atoms with E-state index in [0.29, 0.717) is 28.1 Å². The Balaban J connectivity index is 2.26. The van der Waals surface area contributed by atoms with Crippen LogP contribution in [-0.4, -0.2) is 20.1 Å². The molecule has 21 heavy (non-hydrogen) atoms. The lowest BCUT2D eigenvalue weighted by Gasteiger charge is -2.20. The lowest BCUT2D eigenvalue weighted by atomic mass is 9.93. The van der Waals surface area contributed by atoms with Crippen molar-refractivity contribution in [1.82, 2.24) is 4.72 Å². The minimum absolute atomic E-state index is 0.118. The Morgan fingerprint density at radius 1 is 1.38 bits per heavy atom. The summed E-state index contributed by atoms with van der Waals surface area (Å²) in [6.45, 7) is 6.32. The zero-order chi connectivity index (χ0) is 15.8. The van der Waals surface area contributed by atoms with Crippen molar-refractivity contribution in [2.75, 3.05) is 6.54 Å². The highest BCUT2D eigenvalue weighted by molar-refractivity contribution is 9.10. The van der Waals surface area contributed by atoms with Crippen LogP contribution in [0.25, 0.3) is 0 Å². The van der Waals surface area contributed by atoms with Gasteiger partial charge in [-0.05, 0) is 54.4 Å². The van der Waals surface area contributed by atoms with Crippen molar-refractivity contribution in [3.05, 3.63) is 27.7 Å². The average Bonchev–Trinajstić information content (AvgIpc) is 3.20. The normalized spacial score (nSPS) is 17.2. The van der Waals surface area contributed by atoms with E-state index in [1.807, 2.05) is 0 Å². The van der Waals surface area contributed by atoms with E-state index in [2.05, 4.69) is 34.5 Å². The Bertz CT molecular complexity index is 637. The van der Waals surface area contributed by atoms with Crippen molar-refractivity contribution in [3.63, 3.8) is 0 Å². The summed E-state index contributed by atoms with van der Waals surface area (Å²) in [4.78, 5) is 0.237. The van der Waals surface area contributed by atoms with Crippen LogP contribution in [0.2, 0.25) is 0 Å². The van der Waals surface area contributed by atoms with Crippen LogP contribution in [0.15, 0.2) is 21.5 Å². The molecule has 0 bridgehead atoms. The van der Waals surface area contributed by atoms with Crippen molar-refractivity contribution >= 4 is 26.0 Å². The molecule has 1 aliphatic carbocycles. The molecule has 0 unspecified atom stereocenters. The molecule has 0 saturated heterocycles. The Hall–Kier alpha value is -0.430. The van der Waals surface area contributed by atoms with Gasteiger partial charge < -0.3 is 5.11 Å². The van der Waals surface area contributed by atoms with Crippen LogP contribution in [0.5, 0.6) is 0 Å². The Kier molecular flexibility index (Phi) is 4.83. The maximum Gasteiger partial charge on any atom is 0.240 e. The van der Waals surface area contributed by atoms with Gasteiger partial charge in [0.25, 0.3) is 0 Å². The van der Waals surface area contributed by atoms with Gasteiger partial charge in [-0.3, -0.25) is 0 Å². The third kappa shape index (κ3) is 3.50. The van der Waals surface area contributed by atoms with Gasteiger partial charge in [0.15, 0.2) is 0 Å². The van der Waals surface area contributed by atoms with Gasteiger partial charge in [0.05, 0.1) is 11.5 Å². The van der Waals surface area contributed by atoms with Gasteiger partial charge in [0, 0.05) is 11.0 Å². The van der Waals surface area contributed by atoms with Crippen LogP contribution in [0.1, 0.15) is 37.8 Å². The number of hydrogen-bond donors (Lipinski definition) is 2. The predicted molar refractivity (Wildman–Crippen MR) is 86.5 cm³/mol. The first-order valence-corrected chi connectivity index (χ1v) is 9.39. The molecule has 0 aromatic heterocycles. The molecule has 1 saturated carbocycles. The predicted octanol–water partition coefficient (Wildman–Crippen LogP) is 2.96. The van der Waals surface area contributed by atoms with E-state index < -0.39 is 10.0 Å². The van der Waals surface area contributed by atoms with E-state index in [-0.39, 0.29) is 16.9 Å². The molecule has 0 atom stereocenters. The monoisotopic (exact) mass is 375 g/mol. The number of rotatable bonds is 6. The fourth-order valence-electron chi connectivity index (χ4n) is 2.51. The fraction of sp³-hybridized carbons (Fsp3) is 0.600. The van der Waals surface area contributed by atoms with Crippen molar-refractivity contribution < 1.29 is 13.5 Å². The highest BCUT2D eigenvalue weighted by atomic mass is 79.9. The number of halogens is 1. The molecule has 0 heterocycles. The maximum atomic E-state index is 12.6. The number of sulfonamides is 1. The topological polar surface area (TPSA) is 66.4 Å². The SMILES string of the molecule is Cc1c(Br)cc(CO)cc1S(=O)(=O)NCC1(C(C)C)CC1. The molecular formula is C15H22BrNO3S. The van der Waals surface area contributed by atoms with Gasteiger partial charge in [-0.25, -0.2) is 13.1 Å². The van der Waals surface area contributed by atoms with Crippen molar-refractivity contribution in [2.24, 2.45) is 11.3 Å². The van der Waals surface area contributed by atoms with Crippen molar-refractivity contribution in [3.8, 4) is 0 Å². The van der Waals surface area contributed by atoms with Gasteiger partial charge in [0.2, 0.25) is 10.0 Å². The number of hydrogen-bond acceptors (Lipinski definition) is 3. The van der Waals surface area contributed by atoms with Gasteiger partial charge in [-0.15, -0.1) is 0 Å². The second-order valence-corrected chi connectivity index (χ2v) is 8.79. The van der Waals surface area contributed by atoms with Crippen LogP contribution in [-0.2, 0) is 16.6 Å². The Labute approximate surface area is 135 Å². The summed E-state index contributed by atoms with van der Waals surface area (Å²) in [6, 6.07) is 3.28. The highest BCUT2D eigenvalue weighted by Gasteiger charge is 2.45. The summed E-state index contributed by atoms with van der Waals surface area (Å²) in [5.74, 6) is 0.469. The fourth-order valence-corrected chi connectivity index (χ4v) is 4.60. The molecule has 2 rings (SSSR count). The molecule has 4 nitrogen and oxygen atoms in total. The van der Waals surface area contributed by atoms with Crippen LogP contribution < -0.4 is 4.72 Å². The van der Waals surface area contributed by atoms with Gasteiger partial charge in [-0.1, -0.05) is 29.8 Å². The summed E-state index contributed by atoms with van der Waals surface area (Å²) in [5, 5.41) is 9.25. The van der Waals surface area contributed by atoms with Crippen molar-refractivity contribution in [1.29, 1.82) is 0 Å². The molecule has 1 aromatic carbocycles. The van der Waals surface area contributed by atoms with E-state index in [1.54, 1.807) is 13.0 Å². The van der Waals surface area contributed by atoms with Gasteiger partial charge in [-0.2, -0.15) is 0 Å². The standard InChI is InChI=1S/C15H22BrNO3S/c1-10(2)15(4-5-15)9-17-21(19,20)14-7-12(8-18)6-13(16)11(14)3/h6-7,10,17-18H,4-5,8-9H2,1-3H3. The number of nitrogens with one attached hydrogen (secondary N) is 1. The number of aliphatic hydroxyl groups excluding tert-OH is 1. The lowest BCUT2D eigenvalue weighted by Crippen LogP contribution is -2.33. The minimum Gasteiger partial charge on any atom is -0.392 e. The van der Waals surface area contributed by atoms with Crippen LogP contribution in [0, 0.1) is 18.3 Å². The second-order valence-electron chi connectivity index (χ2n) is 6.20. The largest absolute Gasteiger partial charge is 0.392 e. The number of benzene rings is 1. The summed E-state index contributed by atoms with van der Waals surface area (Å²) in [6.07, 6.45) is 2.15. The quantitative estimate of drug-likeness (QED) is 0.802. The third-order valence-corrected chi connectivity index (χ3v) is 6.91. The van der Waals surface area contributed by atoms with E-state index >= 15 is 0 Å². The maximum absolute atomic E-state index is 12.6. The van der Waals surface area contributed by atoms with Gasteiger partial charge in [0.1, 0.15) is 0 Å². The van der Waals surface area contributed by atoms with E-state index in [9.17, 15) is 13.5 Å². The molecule has 1 aromatic rings. The minimum atomic E-state index is -3.56. The van der Waals surface area contributed by atoms with E-state index in [4.69, 9.17) is 0 Å². The van der Waals surface area contributed by atoms with Crippen molar-refractivity contribution in [2.45, 2.75) is 45.1 Å². The first-order valence-electron chi connectivity index (χ1n) is 7.11. The molecule has 1 aliphatic rings. The van der Waals surface area contributed by atoms with Crippen LogP contribution >= 0.6 is 15.9 Å². The molecule has 0 spiro atoms. The molecule has 1 fully saturated rings.